The average molecular weight is 291 g/mol. The number of nitrogens with zero attached hydrogens (tertiary/aromatic N) is 3. The molecule has 0 saturated carbocycles. The molecule has 0 aliphatic rings. The molecule has 0 fully saturated rings. The molecule has 1 rings (SSSR count). The number of anilines is 1. The van der Waals surface area contributed by atoms with E-state index in [1.54, 1.807) is 0 Å². The van der Waals surface area contributed by atoms with Gasteiger partial charge in [0.15, 0.2) is 0 Å². The van der Waals surface area contributed by atoms with Crippen LogP contribution in [0.3, 0.4) is 0 Å². The van der Waals surface area contributed by atoms with Gasteiger partial charge in [-0.1, -0.05) is 18.9 Å². The largest absolute Gasteiger partial charge is 0.407 e. The first-order valence-corrected chi connectivity index (χ1v) is 7.62. The predicted molar refractivity (Wildman–Crippen MR) is 72.2 cm³/mol. The van der Waals surface area contributed by atoms with Gasteiger partial charge in [-0.2, -0.15) is 0 Å². The molecule has 0 bridgehead atoms. The molecule has 1 aromatic rings. The monoisotopic (exact) mass is 291 g/mol. The van der Waals surface area contributed by atoms with Crippen molar-refractivity contribution in [3.05, 3.63) is 5.89 Å². The van der Waals surface area contributed by atoms with Crippen molar-refractivity contribution in [3.63, 3.8) is 0 Å². The SMILES string of the molecule is CC(C)NCc1nnc(NCCS(=O)(=O)N(C)C)o1. The first-order chi connectivity index (χ1) is 8.81. The molecule has 2 N–H and O–H groups in total. The van der Waals surface area contributed by atoms with E-state index in [1.165, 1.54) is 18.4 Å². The molecule has 0 unspecified atom stereocenters. The van der Waals surface area contributed by atoms with E-state index >= 15 is 0 Å². The Kier molecular flexibility index (Phi) is 5.70. The van der Waals surface area contributed by atoms with Crippen molar-refractivity contribution in [3.8, 4) is 0 Å². The molecule has 0 aliphatic heterocycles. The van der Waals surface area contributed by atoms with E-state index in [2.05, 4.69) is 20.8 Å². The van der Waals surface area contributed by atoms with Gasteiger partial charge in [-0.25, -0.2) is 12.7 Å². The summed E-state index contributed by atoms with van der Waals surface area (Å²) in [6, 6.07) is 0.558. The van der Waals surface area contributed by atoms with Crippen molar-refractivity contribution in [2.45, 2.75) is 26.4 Å². The summed E-state index contributed by atoms with van der Waals surface area (Å²) in [4.78, 5) is 0. The minimum Gasteiger partial charge on any atom is -0.407 e. The summed E-state index contributed by atoms with van der Waals surface area (Å²) in [7, 11) is -0.219. The Hall–Kier alpha value is -1.19. The fourth-order valence-corrected chi connectivity index (χ4v) is 1.88. The molecule has 1 aromatic heterocycles. The third-order valence-corrected chi connectivity index (χ3v) is 4.15. The first-order valence-electron chi connectivity index (χ1n) is 6.01. The molecule has 0 aromatic carbocycles. The predicted octanol–water partition coefficient (Wildman–Crippen LogP) is -0.129. The molecule has 0 spiro atoms. The summed E-state index contributed by atoms with van der Waals surface area (Å²) < 4.78 is 29.5. The van der Waals surface area contributed by atoms with Crippen LogP contribution < -0.4 is 10.6 Å². The second-order valence-corrected chi connectivity index (χ2v) is 6.86. The van der Waals surface area contributed by atoms with E-state index in [0.29, 0.717) is 18.5 Å². The number of sulfonamides is 1. The first kappa shape index (κ1) is 15.9. The van der Waals surface area contributed by atoms with E-state index < -0.39 is 10.0 Å². The number of hydrogen-bond acceptors (Lipinski definition) is 7. The van der Waals surface area contributed by atoms with Crippen LogP contribution in [0.25, 0.3) is 0 Å². The molecule has 9 heteroatoms. The van der Waals surface area contributed by atoms with Gasteiger partial charge in [-0.15, -0.1) is 5.10 Å². The minimum absolute atomic E-state index is 0.0258. The lowest BCUT2D eigenvalue weighted by Crippen LogP contribution is -2.28. The Morgan fingerprint density at radius 2 is 2.00 bits per heavy atom. The lowest BCUT2D eigenvalue weighted by atomic mass is 10.4. The molecular formula is C10H21N5O3S. The number of nitrogens with one attached hydrogen (secondary N) is 2. The normalized spacial score (nSPS) is 12.3. The van der Waals surface area contributed by atoms with Gasteiger partial charge in [-0.05, 0) is 0 Å². The Morgan fingerprint density at radius 1 is 1.32 bits per heavy atom. The highest BCUT2D eigenvalue weighted by molar-refractivity contribution is 7.89. The summed E-state index contributed by atoms with van der Waals surface area (Å²) in [6.45, 7) is 4.74. The lowest BCUT2D eigenvalue weighted by molar-refractivity contribution is 0.458. The average Bonchev–Trinajstić information content (AvgIpc) is 2.74. The Balaban J connectivity index is 2.38. The summed E-state index contributed by atoms with van der Waals surface area (Å²) in [5.74, 6) is 0.439. The standard InChI is InChI=1S/C10H21N5O3S/c1-8(2)12-7-9-13-14-10(18-9)11-5-6-19(16,17)15(3)4/h8,12H,5-7H2,1-4H3,(H,11,14). The second kappa shape index (κ2) is 6.83. The van der Waals surface area contributed by atoms with Crippen molar-refractivity contribution in [1.82, 2.24) is 19.8 Å². The summed E-state index contributed by atoms with van der Waals surface area (Å²) in [5, 5.41) is 13.6. The van der Waals surface area contributed by atoms with Crippen LogP contribution in [0.15, 0.2) is 4.42 Å². The molecule has 0 radical (unpaired) electrons. The Labute approximate surface area is 113 Å². The zero-order chi connectivity index (χ0) is 14.5. The third-order valence-electron chi connectivity index (χ3n) is 2.32. The zero-order valence-electron chi connectivity index (χ0n) is 11.7. The molecule has 0 saturated heterocycles. The maximum Gasteiger partial charge on any atom is 0.315 e. The maximum atomic E-state index is 11.5. The Bertz CT molecular complexity index is 483. The summed E-state index contributed by atoms with van der Waals surface area (Å²) in [5.41, 5.74) is 0. The molecule has 0 aliphatic carbocycles. The number of hydrogen-bond donors (Lipinski definition) is 2. The van der Waals surface area contributed by atoms with Crippen LogP contribution in [-0.2, 0) is 16.6 Å². The smallest absolute Gasteiger partial charge is 0.315 e. The van der Waals surface area contributed by atoms with Gasteiger partial charge in [0.25, 0.3) is 0 Å². The van der Waals surface area contributed by atoms with E-state index in [4.69, 9.17) is 4.42 Å². The van der Waals surface area contributed by atoms with Crippen LogP contribution >= 0.6 is 0 Å². The van der Waals surface area contributed by atoms with Gasteiger partial charge in [-0.3, -0.25) is 0 Å². The van der Waals surface area contributed by atoms with E-state index in [1.807, 2.05) is 13.8 Å². The van der Waals surface area contributed by atoms with Crippen LogP contribution in [0.5, 0.6) is 0 Å². The van der Waals surface area contributed by atoms with Crippen LogP contribution in [0.4, 0.5) is 6.01 Å². The van der Waals surface area contributed by atoms with E-state index in [9.17, 15) is 8.42 Å². The highest BCUT2D eigenvalue weighted by Gasteiger charge is 2.13. The van der Waals surface area contributed by atoms with E-state index in [0.717, 1.165) is 0 Å². The third kappa shape index (κ3) is 5.53. The summed E-state index contributed by atoms with van der Waals surface area (Å²) in [6.07, 6.45) is 0. The fourth-order valence-electron chi connectivity index (χ4n) is 1.16. The molecule has 19 heavy (non-hydrogen) atoms. The maximum absolute atomic E-state index is 11.5. The number of rotatable bonds is 8. The topological polar surface area (TPSA) is 100 Å². The van der Waals surface area contributed by atoms with Gasteiger partial charge >= 0.3 is 6.01 Å². The van der Waals surface area contributed by atoms with Gasteiger partial charge < -0.3 is 15.1 Å². The Morgan fingerprint density at radius 3 is 2.58 bits per heavy atom. The molecule has 0 amide bonds. The van der Waals surface area contributed by atoms with Crippen LogP contribution in [0.2, 0.25) is 0 Å². The van der Waals surface area contributed by atoms with Crippen LogP contribution in [0.1, 0.15) is 19.7 Å². The quantitative estimate of drug-likeness (QED) is 0.688. The van der Waals surface area contributed by atoms with Gasteiger partial charge in [0.2, 0.25) is 15.9 Å². The van der Waals surface area contributed by atoms with Crippen LogP contribution in [0, 0.1) is 0 Å². The molecule has 1 heterocycles. The number of aromatic nitrogens is 2. The van der Waals surface area contributed by atoms with Crippen molar-refractivity contribution in [2.24, 2.45) is 0 Å². The lowest BCUT2D eigenvalue weighted by Gasteiger charge is -2.10. The molecule has 8 nitrogen and oxygen atoms in total. The van der Waals surface area contributed by atoms with Crippen molar-refractivity contribution >= 4 is 16.0 Å². The molecule has 0 atom stereocenters. The minimum atomic E-state index is -3.21. The van der Waals surface area contributed by atoms with Crippen molar-refractivity contribution < 1.29 is 12.8 Å². The van der Waals surface area contributed by atoms with E-state index in [-0.39, 0.29) is 18.3 Å². The fraction of sp³-hybridized carbons (Fsp3) is 0.800. The van der Waals surface area contributed by atoms with Gasteiger partial charge in [0.05, 0.1) is 12.3 Å². The van der Waals surface area contributed by atoms with Crippen LogP contribution in [-0.4, -0.2) is 55.4 Å². The summed E-state index contributed by atoms with van der Waals surface area (Å²) >= 11 is 0. The molecule has 110 valence electrons. The highest BCUT2D eigenvalue weighted by atomic mass is 32.2. The van der Waals surface area contributed by atoms with Gasteiger partial charge in [0, 0.05) is 26.7 Å². The van der Waals surface area contributed by atoms with Gasteiger partial charge in [0.1, 0.15) is 0 Å². The second-order valence-electron chi connectivity index (χ2n) is 4.56. The van der Waals surface area contributed by atoms with Crippen molar-refractivity contribution in [1.29, 1.82) is 0 Å². The zero-order valence-corrected chi connectivity index (χ0v) is 12.5. The molecular weight excluding hydrogens is 270 g/mol. The highest BCUT2D eigenvalue weighted by Crippen LogP contribution is 2.05. The van der Waals surface area contributed by atoms with Crippen molar-refractivity contribution in [2.75, 3.05) is 31.7 Å².